The highest BCUT2D eigenvalue weighted by molar-refractivity contribution is 5.90. The molecule has 0 fully saturated rings. The fourth-order valence-corrected chi connectivity index (χ4v) is 2.54. The minimum atomic E-state index is -0.153. The van der Waals surface area contributed by atoms with Gasteiger partial charge in [-0.2, -0.15) is 0 Å². The Labute approximate surface area is 126 Å². The maximum atomic E-state index is 11.9. The van der Waals surface area contributed by atoms with Gasteiger partial charge in [-0.3, -0.25) is 0 Å². The molecule has 0 heterocycles. The monoisotopic (exact) mass is 288 g/mol. The fourth-order valence-electron chi connectivity index (χ4n) is 2.54. The number of ether oxygens (including phenoxy) is 1. The smallest absolute Gasteiger partial charge is 0.319 e. The lowest BCUT2D eigenvalue weighted by Crippen LogP contribution is -2.30. The zero-order valence-electron chi connectivity index (χ0n) is 12.9. The highest BCUT2D eigenvalue weighted by Gasteiger charge is 2.07. The number of urea groups is 1. The molecule has 0 spiro atoms. The first kappa shape index (κ1) is 15.4. The number of benzene rings is 1. The standard InChI is InChI=1S/C17H24N2O2/c1-13-12-15(21-2)8-9-16(13)19-17(20)18-11-10-14-6-4-3-5-7-14/h6,8-9,12H,3-5,7,10-11H2,1-2H3,(H2,18,19,20). The number of methoxy groups -OCH3 is 1. The molecule has 0 saturated heterocycles. The van der Waals surface area contributed by atoms with E-state index in [2.05, 4.69) is 16.7 Å². The number of hydrogen-bond acceptors (Lipinski definition) is 2. The molecule has 0 aliphatic heterocycles. The van der Waals surface area contributed by atoms with Gasteiger partial charge in [-0.05, 0) is 62.8 Å². The molecule has 4 nitrogen and oxygen atoms in total. The largest absolute Gasteiger partial charge is 0.497 e. The van der Waals surface area contributed by atoms with Crippen molar-refractivity contribution in [3.8, 4) is 5.75 Å². The molecule has 2 N–H and O–H groups in total. The zero-order chi connectivity index (χ0) is 15.1. The van der Waals surface area contributed by atoms with Gasteiger partial charge in [0.1, 0.15) is 5.75 Å². The van der Waals surface area contributed by atoms with Crippen molar-refractivity contribution in [2.45, 2.75) is 39.0 Å². The van der Waals surface area contributed by atoms with E-state index >= 15 is 0 Å². The minimum Gasteiger partial charge on any atom is -0.497 e. The molecule has 1 aromatic carbocycles. The van der Waals surface area contributed by atoms with E-state index in [9.17, 15) is 4.79 Å². The van der Waals surface area contributed by atoms with E-state index in [1.54, 1.807) is 7.11 Å². The SMILES string of the molecule is COc1ccc(NC(=O)NCCC2=CCCCC2)c(C)c1. The van der Waals surface area contributed by atoms with Crippen molar-refractivity contribution in [2.75, 3.05) is 19.0 Å². The van der Waals surface area contributed by atoms with Gasteiger partial charge in [0.2, 0.25) is 0 Å². The Bertz CT molecular complexity index is 524. The number of carbonyl (C=O) groups excluding carboxylic acids is 1. The van der Waals surface area contributed by atoms with Crippen molar-refractivity contribution in [3.63, 3.8) is 0 Å². The molecule has 0 bridgehead atoms. The molecule has 21 heavy (non-hydrogen) atoms. The third-order valence-electron chi connectivity index (χ3n) is 3.80. The second-order valence-corrected chi connectivity index (χ2v) is 5.42. The van der Waals surface area contributed by atoms with Crippen LogP contribution in [0.4, 0.5) is 10.5 Å². The molecule has 2 rings (SSSR count). The van der Waals surface area contributed by atoms with Crippen LogP contribution in [0.25, 0.3) is 0 Å². The first-order valence-electron chi connectivity index (χ1n) is 7.56. The van der Waals surface area contributed by atoms with Crippen LogP contribution in [-0.4, -0.2) is 19.7 Å². The van der Waals surface area contributed by atoms with Crippen molar-refractivity contribution >= 4 is 11.7 Å². The van der Waals surface area contributed by atoms with Gasteiger partial charge in [0.15, 0.2) is 0 Å². The summed E-state index contributed by atoms with van der Waals surface area (Å²) in [6.07, 6.45) is 8.22. The van der Waals surface area contributed by atoms with Crippen LogP contribution in [0.3, 0.4) is 0 Å². The van der Waals surface area contributed by atoms with Gasteiger partial charge < -0.3 is 15.4 Å². The average molecular weight is 288 g/mol. The highest BCUT2D eigenvalue weighted by atomic mass is 16.5. The Hall–Kier alpha value is -1.97. The van der Waals surface area contributed by atoms with Crippen molar-refractivity contribution in [1.29, 1.82) is 0 Å². The predicted molar refractivity (Wildman–Crippen MR) is 85.9 cm³/mol. The molecule has 0 aromatic heterocycles. The van der Waals surface area contributed by atoms with Crippen molar-refractivity contribution in [3.05, 3.63) is 35.4 Å². The van der Waals surface area contributed by atoms with Gasteiger partial charge in [-0.15, -0.1) is 0 Å². The van der Waals surface area contributed by atoms with Crippen LogP contribution < -0.4 is 15.4 Å². The van der Waals surface area contributed by atoms with Crippen molar-refractivity contribution in [1.82, 2.24) is 5.32 Å². The van der Waals surface area contributed by atoms with Crippen LogP contribution in [0.1, 0.15) is 37.7 Å². The molecule has 0 radical (unpaired) electrons. The van der Waals surface area contributed by atoms with Gasteiger partial charge in [0.05, 0.1) is 7.11 Å². The summed E-state index contributed by atoms with van der Waals surface area (Å²) < 4.78 is 5.15. The number of rotatable bonds is 5. The molecule has 2 amide bonds. The Morgan fingerprint density at radius 2 is 2.19 bits per heavy atom. The molecule has 1 aliphatic rings. The number of hydrogen-bond donors (Lipinski definition) is 2. The molecule has 0 atom stereocenters. The third kappa shape index (κ3) is 4.81. The lowest BCUT2D eigenvalue weighted by atomic mass is 9.97. The van der Waals surface area contributed by atoms with E-state index in [1.165, 1.54) is 31.3 Å². The summed E-state index contributed by atoms with van der Waals surface area (Å²) in [5.41, 5.74) is 3.27. The van der Waals surface area contributed by atoms with E-state index < -0.39 is 0 Å². The molecule has 114 valence electrons. The molecule has 1 aromatic rings. The van der Waals surface area contributed by atoms with Crippen molar-refractivity contribution in [2.24, 2.45) is 0 Å². The third-order valence-corrected chi connectivity index (χ3v) is 3.80. The van der Waals surface area contributed by atoms with E-state index in [0.717, 1.165) is 23.4 Å². The quantitative estimate of drug-likeness (QED) is 0.804. The molecule has 4 heteroatoms. The summed E-state index contributed by atoms with van der Waals surface area (Å²) >= 11 is 0. The van der Waals surface area contributed by atoms with Crippen LogP contribution >= 0.6 is 0 Å². The predicted octanol–water partition coefficient (Wildman–Crippen LogP) is 4.02. The Morgan fingerprint density at radius 3 is 2.86 bits per heavy atom. The van der Waals surface area contributed by atoms with Crippen LogP contribution in [0.2, 0.25) is 0 Å². The summed E-state index contributed by atoms with van der Waals surface area (Å²) in [5, 5.41) is 5.79. The molecular weight excluding hydrogens is 264 g/mol. The van der Waals surface area contributed by atoms with Gasteiger partial charge in [0, 0.05) is 12.2 Å². The zero-order valence-corrected chi connectivity index (χ0v) is 12.9. The second-order valence-electron chi connectivity index (χ2n) is 5.42. The first-order chi connectivity index (χ1) is 10.2. The number of anilines is 1. The molecule has 0 saturated carbocycles. The lowest BCUT2D eigenvalue weighted by Gasteiger charge is -2.14. The summed E-state index contributed by atoms with van der Waals surface area (Å²) in [6.45, 7) is 2.64. The maximum absolute atomic E-state index is 11.9. The Kier molecular flexibility index (Phi) is 5.67. The molecule has 1 aliphatic carbocycles. The van der Waals surface area contributed by atoms with Gasteiger partial charge in [-0.1, -0.05) is 11.6 Å². The van der Waals surface area contributed by atoms with Crippen molar-refractivity contribution < 1.29 is 9.53 Å². The van der Waals surface area contributed by atoms with Crippen LogP contribution in [0, 0.1) is 6.92 Å². The fraction of sp³-hybridized carbons (Fsp3) is 0.471. The molecule has 0 unspecified atom stereocenters. The Morgan fingerprint density at radius 1 is 1.33 bits per heavy atom. The topological polar surface area (TPSA) is 50.4 Å². The van der Waals surface area contributed by atoms with E-state index in [0.29, 0.717) is 6.54 Å². The van der Waals surface area contributed by atoms with E-state index in [-0.39, 0.29) is 6.03 Å². The number of amides is 2. The number of carbonyl (C=O) groups is 1. The minimum absolute atomic E-state index is 0.153. The van der Waals surface area contributed by atoms with Crippen LogP contribution in [0.5, 0.6) is 5.75 Å². The summed E-state index contributed by atoms with van der Waals surface area (Å²) in [6, 6.07) is 5.45. The lowest BCUT2D eigenvalue weighted by molar-refractivity contribution is 0.252. The summed E-state index contributed by atoms with van der Waals surface area (Å²) in [7, 11) is 1.63. The normalized spacial score (nSPS) is 14.3. The first-order valence-corrected chi connectivity index (χ1v) is 7.56. The summed E-state index contributed by atoms with van der Waals surface area (Å²) in [5.74, 6) is 0.794. The van der Waals surface area contributed by atoms with E-state index in [1.807, 2.05) is 25.1 Å². The molecular formula is C17H24N2O2. The van der Waals surface area contributed by atoms with E-state index in [4.69, 9.17) is 4.74 Å². The average Bonchev–Trinajstić information content (AvgIpc) is 2.50. The number of aryl methyl sites for hydroxylation is 1. The summed E-state index contributed by atoms with van der Waals surface area (Å²) in [4.78, 5) is 11.9. The maximum Gasteiger partial charge on any atom is 0.319 e. The Balaban J connectivity index is 1.77. The van der Waals surface area contributed by atoms with Crippen LogP contribution in [-0.2, 0) is 0 Å². The van der Waals surface area contributed by atoms with Crippen LogP contribution in [0.15, 0.2) is 29.8 Å². The second kappa shape index (κ2) is 7.72. The number of allylic oxidation sites excluding steroid dienone is 1. The highest BCUT2D eigenvalue weighted by Crippen LogP contribution is 2.21. The van der Waals surface area contributed by atoms with Gasteiger partial charge >= 0.3 is 6.03 Å². The van der Waals surface area contributed by atoms with Gasteiger partial charge in [0.25, 0.3) is 0 Å². The number of nitrogens with one attached hydrogen (secondary N) is 2. The van der Waals surface area contributed by atoms with Gasteiger partial charge in [-0.25, -0.2) is 4.79 Å².